The summed E-state index contributed by atoms with van der Waals surface area (Å²) < 4.78 is 1.58. The normalized spacial score (nSPS) is 16.1. The predicted octanol–water partition coefficient (Wildman–Crippen LogP) is 1.39. The first-order valence-electron chi connectivity index (χ1n) is 8.05. The second-order valence-corrected chi connectivity index (χ2v) is 5.97. The average Bonchev–Trinajstić information content (AvgIpc) is 3.15. The number of aromatic nitrogens is 3. The second kappa shape index (κ2) is 6.82. The van der Waals surface area contributed by atoms with E-state index >= 15 is 0 Å². The number of carbonyl (C=O) groups excluding carboxylic acids is 2. The molecule has 0 aliphatic carbocycles. The van der Waals surface area contributed by atoms with Gasteiger partial charge < -0.3 is 9.80 Å². The van der Waals surface area contributed by atoms with Crippen molar-refractivity contribution in [3.05, 3.63) is 42.5 Å². The number of benzene rings is 1. The van der Waals surface area contributed by atoms with Crippen molar-refractivity contribution in [2.45, 2.75) is 19.9 Å². The summed E-state index contributed by atoms with van der Waals surface area (Å²) in [6.45, 7) is 6.29. The molecule has 0 radical (unpaired) electrons. The smallest absolute Gasteiger partial charge is 0.247 e. The maximum atomic E-state index is 12.5. The molecule has 1 amide bonds. The van der Waals surface area contributed by atoms with Crippen molar-refractivity contribution in [2.75, 3.05) is 31.1 Å². The first-order chi connectivity index (χ1) is 11.6. The third kappa shape index (κ3) is 3.29. The van der Waals surface area contributed by atoms with Gasteiger partial charge in [-0.3, -0.25) is 9.59 Å². The van der Waals surface area contributed by atoms with E-state index in [4.69, 9.17) is 0 Å². The van der Waals surface area contributed by atoms with Gasteiger partial charge in [0.25, 0.3) is 0 Å². The van der Waals surface area contributed by atoms with Gasteiger partial charge >= 0.3 is 0 Å². The van der Waals surface area contributed by atoms with Crippen LogP contribution in [0, 0.1) is 0 Å². The number of nitrogens with zero attached hydrogens (tertiary/aromatic N) is 5. The second-order valence-electron chi connectivity index (χ2n) is 5.97. The van der Waals surface area contributed by atoms with E-state index in [1.807, 2.05) is 36.1 Å². The zero-order chi connectivity index (χ0) is 17.1. The van der Waals surface area contributed by atoms with Crippen molar-refractivity contribution in [1.82, 2.24) is 19.7 Å². The molecule has 1 fully saturated rings. The van der Waals surface area contributed by atoms with Crippen LogP contribution in [0.2, 0.25) is 0 Å². The van der Waals surface area contributed by atoms with Gasteiger partial charge in [0.1, 0.15) is 18.7 Å². The van der Waals surface area contributed by atoms with E-state index in [9.17, 15) is 9.59 Å². The molecule has 1 aromatic heterocycles. The Hall–Kier alpha value is -2.70. The van der Waals surface area contributed by atoms with E-state index < -0.39 is 0 Å². The maximum Gasteiger partial charge on any atom is 0.247 e. The molecule has 1 aliphatic rings. The molecule has 7 nitrogen and oxygen atoms in total. The Bertz CT molecular complexity index is 703. The summed E-state index contributed by atoms with van der Waals surface area (Å²) >= 11 is 0. The van der Waals surface area contributed by atoms with Crippen molar-refractivity contribution >= 4 is 17.4 Å². The number of ketones is 1. The Labute approximate surface area is 140 Å². The van der Waals surface area contributed by atoms with Crippen LogP contribution in [-0.2, 0) is 4.79 Å². The molecule has 0 bridgehead atoms. The zero-order valence-electron chi connectivity index (χ0n) is 13.9. The van der Waals surface area contributed by atoms with E-state index in [0.717, 1.165) is 18.8 Å². The molecule has 2 heterocycles. The molecule has 1 saturated heterocycles. The Morgan fingerprint density at radius 2 is 1.75 bits per heavy atom. The van der Waals surface area contributed by atoms with E-state index in [2.05, 4.69) is 15.0 Å². The standard InChI is InChI=1S/C17H21N5O2/c1-13(22-12-18-11-19-22)17(24)21-9-7-20(8-10-21)16-5-3-15(4-6-16)14(2)23/h3-6,11-13H,7-10H2,1-2H3. The summed E-state index contributed by atoms with van der Waals surface area (Å²) in [5, 5.41) is 4.04. The highest BCUT2D eigenvalue weighted by Gasteiger charge is 2.26. The van der Waals surface area contributed by atoms with Gasteiger partial charge in [-0.1, -0.05) is 0 Å². The lowest BCUT2D eigenvalue weighted by Gasteiger charge is -2.37. The summed E-state index contributed by atoms with van der Waals surface area (Å²) in [5.41, 5.74) is 1.80. The lowest BCUT2D eigenvalue weighted by Crippen LogP contribution is -2.50. The molecule has 0 spiro atoms. The maximum absolute atomic E-state index is 12.5. The molecule has 2 aromatic rings. The molecular formula is C17H21N5O2. The van der Waals surface area contributed by atoms with E-state index in [1.165, 1.54) is 6.33 Å². The Morgan fingerprint density at radius 3 is 2.29 bits per heavy atom. The molecule has 3 rings (SSSR count). The van der Waals surface area contributed by atoms with Crippen LogP contribution in [0.5, 0.6) is 0 Å². The van der Waals surface area contributed by atoms with Gasteiger partial charge in [-0.2, -0.15) is 5.10 Å². The summed E-state index contributed by atoms with van der Waals surface area (Å²) in [6.07, 6.45) is 3.00. The fourth-order valence-electron chi connectivity index (χ4n) is 2.89. The van der Waals surface area contributed by atoms with Crippen LogP contribution < -0.4 is 4.90 Å². The molecule has 1 aliphatic heterocycles. The Balaban J connectivity index is 1.59. The number of carbonyl (C=O) groups is 2. The Kier molecular flexibility index (Phi) is 4.59. The number of anilines is 1. The van der Waals surface area contributed by atoms with Crippen LogP contribution in [0.3, 0.4) is 0 Å². The number of hydrogen-bond donors (Lipinski definition) is 0. The molecule has 7 heteroatoms. The molecule has 0 saturated carbocycles. The van der Waals surface area contributed by atoms with Gasteiger partial charge in [0.05, 0.1) is 0 Å². The highest BCUT2D eigenvalue weighted by Crippen LogP contribution is 2.19. The monoisotopic (exact) mass is 327 g/mol. The van der Waals surface area contributed by atoms with Crippen molar-refractivity contribution in [3.8, 4) is 0 Å². The van der Waals surface area contributed by atoms with E-state index in [1.54, 1.807) is 17.9 Å². The first kappa shape index (κ1) is 16.2. The summed E-state index contributed by atoms with van der Waals surface area (Å²) in [5.74, 6) is 0.131. The van der Waals surface area contributed by atoms with Gasteiger partial charge in [-0.25, -0.2) is 9.67 Å². The fourth-order valence-corrected chi connectivity index (χ4v) is 2.89. The molecular weight excluding hydrogens is 306 g/mol. The quantitative estimate of drug-likeness (QED) is 0.794. The number of amides is 1. The average molecular weight is 327 g/mol. The fraction of sp³-hybridized carbons (Fsp3) is 0.412. The van der Waals surface area contributed by atoms with Crippen LogP contribution in [-0.4, -0.2) is 57.5 Å². The highest BCUT2D eigenvalue weighted by molar-refractivity contribution is 5.94. The first-order valence-corrected chi connectivity index (χ1v) is 8.05. The van der Waals surface area contributed by atoms with E-state index in [-0.39, 0.29) is 17.7 Å². The van der Waals surface area contributed by atoms with Gasteiger partial charge in [-0.05, 0) is 38.1 Å². The summed E-state index contributed by atoms with van der Waals surface area (Å²) in [4.78, 5) is 31.9. The molecule has 1 atom stereocenters. The largest absolute Gasteiger partial charge is 0.368 e. The van der Waals surface area contributed by atoms with Crippen LogP contribution in [0.15, 0.2) is 36.9 Å². The summed E-state index contributed by atoms with van der Waals surface area (Å²) in [6, 6.07) is 7.29. The van der Waals surface area contributed by atoms with Crippen LogP contribution in [0.1, 0.15) is 30.2 Å². The molecule has 1 aromatic carbocycles. The zero-order valence-corrected chi connectivity index (χ0v) is 13.9. The number of Topliss-reactive ketones (excluding diaryl/α,β-unsaturated/α-hetero) is 1. The summed E-state index contributed by atoms with van der Waals surface area (Å²) in [7, 11) is 0. The van der Waals surface area contributed by atoms with Crippen molar-refractivity contribution in [2.24, 2.45) is 0 Å². The van der Waals surface area contributed by atoms with Crippen molar-refractivity contribution < 1.29 is 9.59 Å². The van der Waals surface area contributed by atoms with Crippen molar-refractivity contribution in [3.63, 3.8) is 0 Å². The molecule has 1 unspecified atom stereocenters. The van der Waals surface area contributed by atoms with Gasteiger partial charge in [-0.15, -0.1) is 0 Å². The third-order valence-corrected chi connectivity index (χ3v) is 4.42. The third-order valence-electron chi connectivity index (χ3n) is 4.42. The van der Waals surface area contributed by atoms with Gasteiger partial charge in [0.2, 0.25) is 5.91 Å². The minimum atomic E-state index is -0.339. The van der Waals surface area contributed by atoms with Gasteiger partial charge in [0, 0.05) is 37.4 Å². The lowest BCUT2D eigenvalue weighted by atomic mass is 10.1. The van der Waals surface area contributed by atoms with Crippen molar-refractivity contribution in [1.29, 1.82) is 0 Å². The highest BCUT2D eigenvalue weighted by atomic mass is 16.2. The predicted molar refractivity (Wildman–Crippen MR) is 90.0 cm³/mol. The molecule has 24 heavy (non-hydrogen) atoms. The van der Waals surface area contributed by atoms with Gasteiger partial charge in [0.15, 0.2) is 5.78 Å². The van der Waals surface area contributed by atoms with Crippen LogP contribution in [0.4, 0.5) is 5.69 Å². The van der Waals surface area contributed by atoms with Crippen LogP contribution >= 0.6 is 0 Å². The topological polar surface area (TPSA) is 71.3 Å². The minimum Gasteiger partial charge on any atom is -0.368 e. The SMILES string of the molecule is CC(=O)c1ccc(N2CCN(C(=O)C(C)n3cncn3)CC2)cc1. The number of hydrogen-bond acceptors (Lipinski definition) is 5. The number of rotatable bonds is 4. The molecule has 126 valence electrons. The Morgan fingerprint density at radius 1 is 1.08 bits per heavy atom. The van der Waals surface area contributed by atoms with E-state index in [0.29, 0.717) is 18.7 Å². The lowest BCUT2D eigenvalue weighted by molar-refractivity contribution is -0.134. The molecule has 0 N–H and O–H groups in total. The minimum absolute atomic E-state index is 0.0621. The van der Waals surface area contributed by atoms with Crippen LogP contribution in [0.25, 0.3) is 0 Å². The number of piperazine rings is 1.